The van der Waals surface area contributed by atoms with Crippen molar-refractivity contribution in [2.45, 2.75) is 67.3 Å². The van der Waals surface area contributed by atoms with Crippen molar-refractivity contribution in [2.75, 3.05) is 0 Å². The van der Waals surface area contributed by atoms with Gasteiger partial charge >= 0.3 is 0 Å². The van der Waals surface area contributed by atoms with Gasteiger partial charge in [0.15, 0.2) is 5.78 Å². The Labute approximate surface area is 196 Å². The summed E-state index contributed by atoms with van der Waals surface area (Å²) in [6.07, 6.45) is 0.509. The molecule has 0 amide bonds. The zero-order valence-electron chi connectivity index (χ0n) is 20.3. The Morgan fingerprint density at radius 3 is 2.16 bits per heavy atom. The standard InChI is InChI=1S/C28H34ClNO2/c1-17(2)21-10-13-24-23(14-21)26(27(32)18(3)4)25(15-28(6,7)19(5)31)30(24)16-20-8-11-22(29)12-9-20/h8-14,17-18H,15-16H2,1-7H3. The lowest BCUT2D eigenvalue weighted by atomic mass is 9.82. The van der Waals surface area contributed by atoms with E-state index in [1.165, 1.54) is 5.56 Å². The van der Waals surface area contributed by atoms with Crippen LogP contribution in [0.1, 0.15) is 81.6 Å². The van der Waals surface area contributed by atoms with Crippen LogP contribution in [-0.2, 0) is 17.8 Å². The molecule has 170 valence electrons. The molecule has 0 saturated carbocycles. The van der Waals surface area contributed by atoms with Crippen LogP contribution in [0.5, 0.6) is 0 Å². The van der Waals surface area contributed by atoms with Crippen molar-refractivity contribution in [3.8, 4) is 0 Å². The van der Waals surface area contributed by atoms with Crippen molar-refractivity contribution in [3.63, 3.8) is 0 Å². The fourth-order valence-electron chi connectivity index (χ4n) is 4.03. The molecule has 0 aliphatic rings. The largest absolute Gasteiger partial charge is 0.339 e. The van der Waals surface area contributed by atoms with Crippen LogP contribution in [0.3, 0.4) is 0 Å². The molecule has 32 heavy (non-hydrogen) atoms. The van der Waals surface area contributed by atoms with E-state index in [-0.39, 0.29) is 17.5 Å². The summed E-state index contributed by atoms with van der Waals surface area (Å²) in [6.45, 7) is 14.4. The molecule has 3 rings (SSSR count). The summed E-state index contributed by atoms with van der Waals surface area (Å²) in [7, 11) is 0. The van der Waals surface area contributed by atoms with Crippen LogP contribution in [0.2, 0.25) is 5.02 Å². The van der Waals surface area contributed by atoms with E-state index in [0.717, 1.165) is 27.7 Å². The second kappa shape index (κ2) is 9.23. The van der Waals surface area contributed by atoms with Gasteiger partial charge in [-0.25, -0.2) is 0 Å². The number of hydrogen-bond acceptors (Lipinski definition) is 2. The van der Waals surface area contributed by atoms with Crippen molar-refractivity contribution in [1.82, 2.24) is 4.57 Å². The van der Waals surface area contributed by atoms with E-state index in [4.69, 9.17) is 11.6 Å². The van der Waals surface area contributed by atoms with E-state index in [1.54, 1.807) is 6.92 Å². The number of rotatable bonds is 8. The number of aromatic nitrogens is 1. The molecule has 0 unspecified atom stereocenters. The number of halogens is 1. The first kappa shape index (κ1) is 24.3. The summed E-state index contributed by atoms with van der Waals surface area (Å²) < 4.78 is 2.23. The Morgan fingerprint density at radius 1 is 1.00 bits per heavy atom. The molecule has 4 heteroatoms. The highest BCUT2D eigenvalue weighted by Gasteiger charge is 2.31. The Morgan fingerprint density at radius 2 is 1.62 bits per heavy atom. The molecule has 1 aromatic heterocycles. The minimum atomic E-state index is -0.570. The average Bonchev–Trinajstić information content (AvgIpc) is 3.00. The molecule has 0 N–H and O–H groups in total. The Kier molecular flexibility index (Phi) is 7.00. The second-order valence-corrected chi connectivity index (χ2v) is 10.5. The lowest BCUT2D eigenvalue weighted by Gasteiger charge is -2.24. The average molecular weight is 452 g/mol. The number of carbonyl (C=O) groups is 2. The third-order valence-corrected chi connectivity index (χ3v) is 6.70. The van der Waals surface area contributed by atoms with Gasteiger partial charge in [0.1, 0.15) is 5.78 Å². The van der Waals surface area contributed by atoms with Crippen LogP contribution in [-0.4, -0.2) is 16.1 Å². The van der Waals surface area contributed by atoms with E-state index in [1.807, 2.05) is 52.0 Å². The SMILES string of the molecule is CC(=O)C(C)(C)Cc1c(C(=O)C(C)C)c2cc(C(C)C)ccc2n1Cc1ccc(Cl)cc1. The lowest BCUT2D eigenvalue weighted by Crippen LogP contribution is -2.27. The molecule has 0 saturated heterocycles. The second-order valence-electron chi connectivity index (χ2n) is 10.1. The molecule has 0 radical (unpaired) electrons. The van der Waals surface area contributed by atoms with E-state index in [2.05, 4.69) is 36.6 Å². The van der Waals surface area contributed by atoms with Crippen LogP contribution in [0.4, 0.5) is 0 Å². The molecule has 0 atom stereocenters. The lowest BCUT2D eigenvalue weighted by molar-refractivity contribution is -0.124. The highest BCUT2D eigenvalue weighted by atomic mass is 35.5. The first-order valence-electron chi connectivity index (χ1n) is 11.4. The smallest absolute Gasteiger partial charge is 0.167 e. The van der Waals surface area contributed by atoms with Gasteiger partial charge in [-0.15, -0.1) is 0 Å². The van der Waals surface area contributed by atoms with Gasteiger partial charge in [0.2, 0.25) is 0 Å². The predicted molar refractivity (Wildman–Crippen MR) is 134 cm³/mol. The first-order chi connectivity index (χ1) is 14.9. The van der Waals surface area contributed by atoms with Crippen molar-refractivity contribution in [1.29, 1.82) is 0 Å². The summed E-state index contributed by atoms with van der Waals surface area (Å²) in [5.41, 5.74) is 4.47. The maximum atomic E-state index is 13.5. The summed E-state index contributed by atoms with van der Waals surface area (Å²) in [6, 6.07) is 14.2. The Balaban J connectivity index is 2.34. The van der Waals surface area contributed by atoms with Gasteiger partial charge in [-0.1, -0.05) is 71.3 Å². The minimum absolute atomic E-state index is 0.117. The molecule has 1 heterocycles. The number of nitrogens with zero attached hydrogens (tertiary/aromatic N) is 1. The maximum absolute atomic E-state index is 13.5. The number of carbonyl (C=O) groups excluding carboxylic acids is 2. The third-order valence-electron chi connectivity index (χ3n) is 6.45. The molecule has 0 aliphatic carbocycles. The quantitative estimate of drug-likeness (QED) is 0.333. The number of hydrogen-bond donors (Lipinski definition) is 0. The third kappa shape index (κ3) is 4.83. The molecular weight excluding hydrogens is 418 g/mol. The molecule has 3 nitrogen and oxygen atoms in total. The fourth-order valence-corrected chi connectivity index (χ4v) is 4.15. The van der Waals surface area contributed by atoms with Crippen molar-refractivity contribution >= 4 is 34.1 Å². The number of ketones is 2. The van der Waals surface area contributed by atoms with E-state index in [9.17, 15) is 9.59 Å². The highest BCUT2D eigenvalue weighted by Crippen LogP contribution is 2.36. The monoisotopic (exact) mass is 451 g/mol. The van der Waals surface area contributed by atoms with Crippen LogP contribution in [0.15, 0.2) is 42.5 Å². The van der Waals surface area contributed by atoms with Gasteiger partial charge in [-0.3, -0.25) is 9.59 Å². The van der Waals surface area contributed by atoms with Crippen molar-refractivity contribution in [3.05, 3.63) is 69.9 Å². The van der Waals surface area contributed by atoms with Gasteiger partial charge in [0.05, 0.1) is 0 Å². The molecule has 0 bridgehead atoms. The zero-order chi connectivity index (χ0) is 23.8. The number of fused-ring (bicyclic) bond motifs is 1. The fraction of sp³-hybridized carbons (Fsp3) is 0.429. The molecular formula is C28H34ClNO2. The topological polar surface area (TPSA) is 39.1 Å². The zero-order valence-corrected chi connectivity index (χ0v) is 21.0. The van der Waals surface area contributed by atoms with Crippen LogP contribution >= 0.6 is 11.6 Å². The van der Waals surface area contributed by atoms with Gasteiger partial charge < -0.3 is 4.57 Å². The number of benzene rings is 2. The van der Waals surface area contributed by atoms with Gasteiger partial charge in [0.25, 0.3) is 0 Å². The Bertz CT molecular complexity index is 1150. The summed E-state index contributed by atoms with van der Waals surface area (Å²) in [5, 5.41) is 1.68. The van der Waals surface area contributed by atoms with Crippen LogP contribution < -0.4 is 0 Å². The van der Waals surface area contributed by atoms with Gasteiger partial charge in [-0.05, 0) is 48.2 Å². The van der Waals surface area contributed by atoms with E-state index >= 15 is 0 Å². The van der Waals surface area contributed by atoms with Crippen molar-refractivity contribution in [2.24, 2.45) is 11.3 Å². The van der Waals surface area contributed by atoms with E-state index < -0.39 is 5.41 Å². The van der Waals surface area contributed by atoms with Gasteiger partial charge in [0, 0.05) is 51.5 Å². The maximum Gasteiger partial charge on any atom is 0.167 e. The van der Waals surface area contributed by atoms with E-state index in [0.29, 0.717) is 23.9 Å². The normalized spacial score (nSPS) is 12.2. The predicted octanol–water partition coefficient (Wildman–Crippen LogP) is 7.46. The summed E-state index contributed by atoms with van der Waals surface area (Å²) in [4.78, 5) is 26.0. The highest BCUT2D eigenvalue weighted by molar-refractivity contribution is 6.30. The molecule has 0 fully saturated rings. The minimum Gasteiger partial charge on any atom is -0.339 e. The van der Waals surface area contributed by atoms with Gasteiger partial charge in [-0.2, -0.15) is 0 Å². The van der Waals surface area contributed by atoms with Crippen molar-refractivity contribution < 1.29 is 9.59 Å². The summed E-state index contributed by atoms with van der Waals surface area (Å²) >= 11 is 6.10. The van der Waals surface area contributed by atoms with Crippen LogP contribution in [0.25, 0.3) is 10.9 Å². The van der Waals surface area contributed by atoms with Crippen LogP contribution in [0, 0.1) is 11.3 Å². The first-order valence-corrected chi connectivity index (χ1v) is 11.7. The molecule has 2 aromatic carbocycles. The molecule has 0 spiro atoms. The summed E-state index contributed by atoms with van der Waals surface area (Å²) in [5.74, 6) is 0.469. The Hall–Kier alpha value is -2.39. The number of Topliss-reactive ketones (excluding diaryl/α,β-unsaturated/α-hetero) is 2. The molecule has 3 aromatic rings. The molecule has 0 aliphatic heterocycles.